The van der Waals surface area contributed by atoms with Crippen molar-refractivity contribution in [3.05, 3.63) is 0 Å². The van der Waals surface area contributed by atoms with Crippen LogP contribution in [0.2, 0.25) is 0 Å². The van der Waals surface area contributed by atoms with E-state index in [0.29, 0.717) is 0 Å². The Morgan fingerprint density at radius 1 is 1.17 bits per heavy atom. The average molecular weight is 169 g/mol. The zero-order chi connectivity index (χ0) is 8.86. The first-order chi connectivity index (χ1) is 5.83. The van der Waals surface area contributed by atoms with Crippen LogP contribution < -0.4 is 5.32 Å². The summed E-state index contributed by atoms with van der Waals surface area (Å²) in [6.45, 7) is 3.53. The third kappa shape index (κ3) is 3.14. The van der Waals surface area contributed by atoms with Gasteiger partial charge in [0.1, 0.15) is 0 Å². The van der Waals surface area contributed by atoms with Gasteiger partial charge in [-0.15, -0.1) is 0 Å². The van der Waals surface area contributed by atoms with Crippen molar-refractivity contribution in [2.24, 2.45) is 5.41 Å². The molecule has 1 aliphatic carbocycles. The minimum absolute atomic E-state index is 0.739. The Kier molecular flexibility index (Phi) is 4.07. The van der Waals surface area contributed by atoms with E-state index in [1.54, 1.807) is 0 Å². The van der Waals surface area contributed by atoms with Crippen LogP contribution in [0.4, 0.5) is 0 Å². The standard InChI is InChI=1S/C11H23N/c1-3-4-5-6-7-11(8-9-11)10-12-2/h12H,3-10H2,1-2H3. The van der Waals surface area contributed by atoms with E-state index in [1.165, 1.54) is 51.5 Å². The van der Waals surface area contributed by atoms with E-state index in [-0.39, 0.29) is 0 Å². The summed E-state index contributed by atoms with van der Waals surface area (Å²) in [6.07, 6.45) is 10.1. The number of nitrogens with one attached hydrogen (secondary N) is 1. The molecule has 1 nitrogen and oxygen atoms in total. The Hall–Kier alpha value is -0.0400. The highest BCUT2D eigenvalue weighted by molar-refractivity contribution is 4.94. The van der Waals surface area contributed by atoms with E-state index in [2.05, 4.69) is 19.3 Å². The van der Waals surface area contributed by atoms with Gasteiger partial charge in [-0.05, 0) is 31.7 Å². The molecule has 72 valence electrons. The third-order valence-corrected chi connectivity index (χ3v) is 3.07. The first kappa shape index (κ1) is 10.0. The molecule has 0 spiro atoms. The van der Waals surface area contributed by atoms with E-state index in [1.807, 2.05) is 0 Å². The second-order valence-corrected chi connectivity index (χ2v) is 4.34. The second-order valence-electron chi connectivity index (χ2n) is 4.34. The zero-order valence-electron chi connectivity index (χ0n) is 8.66. The molecular formula is C11H23N. The monoisotopic (exact) mass is 169 g/mol. The van der Waals surface area contributed by atoms with Crippen LogP contribution in [-0.2, 0) is 0 Å². The Labute approximate surface area is 76.9 Å². The molecule has 0 atom stereocenters. The summed E-state index contributed by atoms with van der Waals surface area (Å²) in [5, 5.41) is 3.31. The van der Waals surface area contributed by atoms with E-state index >= 15 is 0 Å². The summed E-state index contributed by atoms with van der Waals surface area (Å²) in [5.41, 5.74) is 0.739. The van der Waals surface area contributed by atoms with Gasteiger partial charge in [0.2, 0.25) is 0 Å². The molecule has 1 heteroatoms. The molecule has 1 aliphatic rings. The Balaban J connectivity index is 1.98. The van der Waals surface area contributed by atoms with E-state index in [0.717, 1.165) is 5.41 Å². The summed E-state index contributed by atoms with van der Waals surface area (Å²) in [4.78, 5) is 0. The van der Waals surface area contributed by atoms with Crippen LogP contribution in [0.15, 0.2) is 0 Å². The molecule has 1 rings (SSSR count). The average Bonchev–Trinajstić information content (AvgIpc) is 2.81. The molecule has 0 saturated heterocycles. The molecule has 0 bridgehead atoms. The van der Waals surface area contributed by atoms with Crippen LogP contribution in [0.3, 0.4) is 0 Å². The lowest BCUT2D eigenvalue weighted by Gasteiger charge is -2.13. The smallest absolute Gasteiger partial charge is 0.000481 e. The SMILES string of the molecule is CCCCCCC1(CNC)CC1. The molecule has 1 fully saturated rings. The van der Waals surface area contributed by atoms with Gasteiger partial charge in [-0.25, -0.2) is 0 Å². The number of rotatable bonds is 7. The van der Waals surface area contributed by atoms with Crippen molar-refractivity contribution in [3.8, 4) is 0 Å². The summed E-state index contributed by atoms with van der Waals surface area (Å²) in [7, 11) is 2.08. The van der Waals surface area contributed by atoms with Gasteiger partial charge in [-0.1, -0.05) is 32.6 Å². The van der Waals surface area contributed by atoms with Crippen molar-refractivity contribution in [3.63, 3.8) is 0 Å². The summed E-state index contributed by atoms with van der Waals surface area (Å²) >= 11 is 0. The molecule has 0 aromatic heterocycles. The van der Waals surface area contributed by atoms with Crippen LogP contribution >= 0.6 is 0 Å². The van der Waals surface area contributed by atoms with Crippen molar-refractivity contribution in [2.75, 3.05) is 13.6 Å². The summed E-state index contributed by atoms with van der Waals surface area (Å²) in [5.74, 6) is 0. The molecule has 1 N–H and O–H groups in total. The van der Waals surface area contributed by atoms with Gasteiger partial charge in [0, 0.05) is 6.54 Å². The molecular weight excluding hydrogens is 146 g/mol. The maximum atomic E-state index is 3.31. The van der Waals surface area contributed by atoms with Gasteiger partial charge in [0.05, 0.1) is 0 Å². The van der Waals surface area contributed by atoms with Crippen molar-refractivity contribution in [2.45, 2.75) is 51.9 Å². The maximum Gasteiger partial charge on any atom is 0.000481 e. The highest BCUT2D eigenvalue weighted by atomic mass is 14.8. The predicted molar refractivity (Wildman–Crippen MR) is 54.4 cm³/mol. The van der Waals surface area contributed by atoms with Gasteiger partial charge in [-0.2, -0.15) is 0 Å². The fourth-order valence-corrected chi connectivity index (χ4v) is 1.99. The molecule has 12 heavy (non-hydrogen) atoms. The first-order valence-electron chi connectivity index (χ1n) is 5.47. The van der Waals surface area contributed by atoms with Crippen molar-refractivity contribution in [1.82, 2.24) is 5.32 Å². The topological polar surface area (TPSA) is 12.0 Å². The molecule has 0 unspecified atom stereocenters. The number of unbranched alkanes of at least 4 members (excludes halogenated alkanes) is 3. The Bertz CT molecular complexity index is 116. The Morgan fingerprint density at radius 3 is 2.42 bits per heavy atom. The van der Waals surface area contributed by atoms with Crippen LogP contribution in [0.5, 0.6) is 0 Å². The Morgan fingerprint density at radius 2 is 1.92 bits per heavy atom. The first-order valence-corrected chi connectivity index (χ1v) is 5.47. The van der Waals surface area contributed by atoms with Crippen LogP contribution in [-0.4, -0.2) is 13.6 Å². The minimum atomic E-state index is 0.739. The van der Waals surface area contributed by atoms with Crippen LogP contribution in [0.25, 0.3) is 0 Å². The molecule has 0 heterocycles. The zero-order valence-corrected chi connectivity index (χ0v) is 8.66. The quantitative estimate of drug-likeness (QED) is 0.578. The number of hydrogen-bond donors (Lipinski definition) is 1. The van der Waals surface area contributed by atoms with Crippen LogP contribution in [0.1, 0.15) is 51.9 Å². The molecule has 0 aromatic carbocycles. The lowest BCUT2D eigenvalue weighted by molar-refractivity contribution is 0.418. The second kappa shape index (κ2) is 4.86. The van der Waals surface area contributed by atoms with Crippen molar-refractivity contribution in [1.29, 1.82) is 0 Å². The van der Waals surface area contributed by atoms with Crippen LogP contribution in [0, 0.1) is 5.41 Å². The molecule has 0 aliphatic heterocycles. The van der Waals surface area contributed by atoms with Gasteiger partial charge >= 0.3 is 0 Å². The third-order valence-electron chi connectivity index (χ3n) is 3.07. The highest BCUT2D eigenvalue weighted by Gasteiger charge is 2.40. The predicted octanol–water partition coefficient (Wildman–Crippen LogP) is 2.96. The maximum absolute atomic E-state index is 3.31. The van der Waals surface area contributed by atoms with Crippen molar-refractivity contribution >= 4 is 0 Å². The fraction of sp³-hybridized carbons (Fsp3) is 1.00. The summed E-state index contributed by atoms with van der Waals surface area (Å²) in [6, 6.07) is 0. The lowest BCUT2D eigenvalue weighted by Crippen LogP contribution is -2.19. The molecule has 1 saturated carbocycles. The van der Waals surface area contributed by atoms with Gasteiger partial charge in [0.15, 0.2) is 0 Å². The minimum Gasteiger partial charge on any atom is -0.319 e. The fourth-order valence-electron chi connectivity index (χ4n) is 1.99. The van der Waals surface area contributed by atoms with Gasteiger partial charge in [-0.3, -0.25) is 0 Å². The molecule has 0 radical (unpaired) electrons. The van der Waals surface area contributed by atoms with E-state index in [4.69, 9.17) is 0 Å². The van der Waals surface area contributed by atoms with Gasteiger partial charge < -0.3 is 5.32 Å². The summed E-state index contributed by atoms with van der Waals surface area (Å²) < 4.78 is 0. The molecule has 0 amide bonds. The normalized spacial score (nSPS) is 19.5. The highest BCUT2D eigenvalue weighted by Crippen LogP contribution is 2.49. The molecule has 0 aromatic rings. The van der Waals surface area contributed by atoms with Crippen molar-refractivity contribution < 1.29 is 0 Å². The van der Waals surface area contributed by atoms with E-state index < -0.39 is 0 Å². The largest absolute Gasteiger partial charge is 0.319 e. The number of hydrogen-bond acceptors (Lipinski definition) is 1. The lowest BCUT2D eigenvalue weighted by atomic mass is 9.98. The van der Waals surface area contributed by atoms with Gasteiger partial charge in [0.25, 0.3) is 0 Å². The van der Waals surface area contributed by atoms with E-state index in [9.17, 15) is 0 Å².